The van der Waals surface area contributed by atoms with E-state index in [9.17, 15) is 9.59 Å². The minimum Gasteiger partial charge on any atom is -0.494 e. The average molecular weight is 329 g/mol. The topological polar surface area (TPSA) is 73.9 Å². The Bertz CT molecular complexity index is 697. The standard InChI is InChI=1S/C18H19NO5/c1-3-23-15-9-7-14(8-10-15)19-17(21)12-24-18-13(11-20)5-4-6-16(18)22-2/h4-11H,3,12H2,1-2H3,(H,19,21). The summed E-state index contributed by atoms with van der Waals surface area (Å²) < 4.78 is 15.9. The molecule has 0 atom stereocenters. The third kappa shape index (κ3) is 4.49. The molecule has 0 unspecified atom stereocenters. The van der Waals surface area contributed by atoms with E-state index in [0.29, 0.717) is 29.9 Å². The van der Waals surface area contributed by atoms with Crippen molar-refractivity contribution in [1.29, 1.82) is 0 Å². The summed E-state index contributed by atoms with van der Waals surface area (Å²) in [6, 6.07) is 11.9. The molecule has 0 aliphatic rings. The van der Waals surface area contributed by atoms with Gasteiger partial charge in [-0.15, -0.1) is 0 Å². The minimum absolute atomic E-state index is 0.242. The molecule has 0 spiro atoms. The van der Waals surface area contributed by atoms with Gasteiger partial charge in [0.1, 0.15) is 5.75 Å². The normalized spacial score (nSPS) is 9.92. The van der Waals surface area contributed by atoms with Crippen LogP contribution in [0.25, 0.3) is 0 Å². The fraction of sp³-hybridized carbons (Fsp3) is 0.222. The maximum absolute atomic E-state index is 12.0. The molecule has 24 heavy (non-hydrogen) atoms. The number of nitrogens with one attached hydrogen (secondary N) is 1. The number of amides is 1. The van der Waals surface area contributed by atoms with E-state index in [4.69, 9.17) is 14.2 Å². The van der Waals surface area contributed by atoms with Crippen LogP contribution in [0.3, 0.4) is 0 Å². The molecule has 6 nitrogen and oxygen atoms in total. The van der Waals surface area contributed by atoms with Crippen molar-refractivity contribution in [2.75, 3.05) is 25.6 Å². The number of hydrogen-bond donors (Lipinski definition) is 1. The Morgan fingerprint density at radius 2 is 1.88 bits per heavy atom. The van der Waals surface area contributed by atoms with Crippen molar-refractivity contribution in [2.24, 2.45) is 0 Å². The van der Waals surface area contributed by atoms with Crippen LogP contribution in [0.2, 0.25) is 0 Å². The number of hydrogen-bond acceptors (Lipinski definition) is 5. The lowest BCUT2D eigenvalue weighted by Gasteiger charge is -2.12. The third-order valence-electron chi connectivity index (χ3n) is 3.15. The fourth-order valence-electron chi connectivity index (χ4n) is 2.08. The van der Waals surface area contributed by atoms with Gasteiger partial charge in [-0.25, -0.2) is 0 Å². The average Bonchev–Trinajstić information content (AvgIpc) is 2.61. The fourth-order valence-corrected chi connectivity index (χ4v) is 2.08. The Kier molecular flexibility index (Phi) is 6.19. The molecule has 2 aromatic rings. The second-order valence-corrected chi connectivity index (χ2v) is 4.79. The lowest BCUT2D eigenvalue weighted by molar-refractivity contribution is -0.118. The van der Waals surface area contributed by atoms with Gasteiger partial charge in [0.05, 0.1) is 19.3 Å². The molecule has 0 saturated carbocycles. The molecule has 0 saturated heterocycles. The lowest BCUT2D eigenvalue weighted by atomic mass is 10.2. The minimum atomic E-state index is -0.345. The number of rotatable bonds is 8. The maximum Gasteiger partial charge on any atom is 0.262 e. The number of ether oxygens (including phenoxy) is 3. The Hall–Kier alpha value is -3.02. The van der Waals surface area contributed by atoms with Gasteiger partial charge in [-0.3, -0.25) is 9.59 Å². The van der Waals surface area contributed by atoms with E-state index in [-0.39, 0.29) is 18.3 Å². The third-order valence-corrected chi connectivity index (χ3v) is 3.15. The molecule has 0 heterocycles. The monoisotopic (exact) mass is 329 g/mol. The molecule has 126 valence electrons. The van der Waals surface area contributed by atoms with E-state index in [1.807, 2.05) is 6.92 Å². The Balaban J connectivity index is 1.97. The van der Waals surface area contributed by atoms with Crippen LogP contribution in [-0.2, 0) is 4.79 Å². The second kappa shape index (κ2) is 8.57. The number of benzene rings is 2. The van der Waals surface area contributed by atoms with E-state index in [1.165, 1.54) is 7.11 Å². The van der Waals surface area contributed by atoms with E-state index >= 15 is 0 Å². The van der Waals surface area contributed by atoms with Crippen LogP contribution in [0, 0.1) is 0 Å². The van der Waals surface area contributed by atoms with Crippen molar-refractivity contribution < 1.29 is 23.8 Å². The zero-order valence-corrected chi connectivity index (χ0v) is 13.6. The summed E-state index contributed by atoms with van der Waals surface area (Å²) in [6.45, 7) is 2.24. The van der Waals surface area contributed by atoms with Crippen LogP contribution in [-0.4, -0.2) is 32.5 Å². The van der Waals surface area contributed by atoms with Crippen LogP contribution in [0.5, 0.6) is 17.2 Å². The maximum atomic E-state index is 12.0. The smallest absolute Gasteiger partial charge is 0.262 e. The van der Waals surface area contributed by atoms with Crippen molar-refractivity contribution in [3.05, 3.63) is 48.0 Å². The van der Waals surface area contributed by atoms with Crippen molar-refractivity contribution in [3.8, 4) is 17.2 Å². The summed E-state index contributed by atoms with van der Waals surface area (Å²) in [5.41, 5.74) is 0.950. The van der Waals surface area contributed by atoms with Gasteiger partial charge in [-0.1, -0.05) is 6.07 Å². The summed E-state index contributed by atoms with van der Waals surface area (Å²) in [4.78, 5) is 23.1. The van der Waals surface area contributed by atoms with Crippen LogP contribution in [0.4, 0.5) is 5.69 Å². The SMILES string of the molecule is CCOc1ccc(NC(=O)COc2c(C=O)cccc2OC)cc1. The van der Waals surface area contributed by atoms with Crippen molar-refractivity contribution in [1.82, 2.24) is 0 Å². The molecular formula is C18H19NO5. The summed E-state index contributed by atoms with van der Waals surface area (Å²) in [6.07, 6.45) is 0.655. The highest BCUT2D eigenvalue weighted by atomic mass is 16.5. The largest absolute Gasteiger partial charge is 0.494 e. The molecule has 0 bridgehead atoms. The first-order chi connectivity index (χ1) is 11.7. The second-order valence-electron chi connectivity index (χ2n) is 4.79. The predicted molar refractivity (Wildman–Crippen MR) is 90.1 cm³/mol. The Labute approximate surface area is 140 Å². The molecule has 6 heteroatoms. The number of methoxy groups -OCH3 is 1. The molecule has 0 aliphatic heterocycles. The van der Waals surface area contributed by atoms with Crippen molar-refractivity contribution in [3.63, 3.8) is 0 Å². The van der Waals surface area contributed by atoms with E-state index < -0.39 is 0 Å². The van der Waals surface area contributed by atoms with Gasteiger partial charge in [0, 0.05) is 5.69 Å². The van der Waals surface area contributed by atoms with Crippen molar-refractivity contribution >= 4 is 17.9 Å². The highest BCUT2D eigenvalue weighted by Crippen LogP contribution is 2.29. The molecule has 2 aromatic carbocycles. The Morgan fingerprint density at radius 3 is 2.50 bits per heavy atom. The van der Waals surface area contributed by atoms with Gasteiger partial charge >= 0.3 is 0 Å². The molecule has 0 fully saturated rings. The van der Waals surface area contributed by atoms with Gasteiger partial charge in [0.15, 0.2) is 24.4 Å². The molecule has 0 aliphatic carbocycles. The van der Waals surface area contributed by atoms with Gasteiger partial charge in [0.2, 0.25) is 0 Å². The van der Waals surface area contributed by atoms with Crippen LogP contribution in [0.1, 0.15) is 17.3 Å². The highest BCUT2D eigenvalue weighted by Gasteiger charge is 2.12. The first-order valence-corrected chi connectivity index (χ1v) is 7.45. The van der Waals surface area contributed by atoms with E-state index in [0.717, 1.165) is 5.75 Å². The number of aldehydes is 1. The first kappa shape index (κ1) is 17.3. The molecule has 0 radical (unpaired) electrons. The molecule has 1 amide bonds. The molecule has 0 aromatic heterocycles. The number of para-hydroxylation sites is 1. The van der Waals surface area contributed by atoms with Gasteiger partial charge in [-0.2, -0.15) is 0 Å². The van der Waals surface area contributed by atoms with E-state index in [1.54, 1.807) is 42.5 Å². The molecule has 1 N–H and O–H groups in total. The quantitative estimate of drug-likeness (QED) is 0.754. The van der Waals surface area contributed by atoms with Crippen molar-refractivity contribution in [2.45, 2.75) is 6.92 Å². The Morgan fingerprint density at radius 1 is 1.12 bits per heavy atom. The molecule has 2 rings (SSSR count). The number of carbonyl (C=O) groups is 2. The molecular weight excluding hydrogens is 310 g/mol. The van der Waals surface area contributed by atoms with Crippen LogP contribution in [0.15, 0.2) is 42.5 Å². The number of carbonyl (C=O) groups excluding carboxylic acids is 2. The lowest BCUT2D eigenvalue weighted by Crippen LogP contribution is -2.20. The van der Waals surface area contributed by atoms with Gasteiger partial charge < -0.3 is 19.5 Å². The zero-order chi connectivity index (χ0) is 17.4. The summed E-state index contributed by atoms with van der Waals surface area (Å²) in [7, 11) is 1.47. The van der Waals surface area contributed by atoms with Gasteiger partial charge in [0.25, 0.3) is 5.91 Å². The first-order valence-electron chi connectivity index (χ1n) is 7.45. The summed E-state index contributed by atoms with van der Waals surface area (Å²) >= 11 is 0. The summed E-state index contributed by atoms with van der Waals surface area (Å²) in [5.74, 6) is 1.03. The van der Waals surface area contributed by atoms with Crippen LogP contribution < -0.4 is 19.5 Å². The zero-order valence-electron chi connectivity index (χ0n) is 13.6. The summed E-state index contributed by atoms with van der Waals surface area (Å²) in [5, 5.41) is 2.71. The van der Waals surface area contributed by atoms with Gasteiger partial charge in [-0.05, 0) is 43.3 Å². The number of anilines is 1. The van der Waals surface area contributed by atoms with E-state index in [2.05, 4.69) is 5.32 Å². The predicted octanol–water partition coefficient (Wildman–Crippen LogP) is 2.92. The van der Waals surface area contributed by atoms with Crippen LogP contribution >= 0.6 is 0 Å². The highest BCUT2D eigenvalue weighted by molar-refractivity contribution is 5.92.